The van der Waals surface area contributed by atoms with Crippen molar-refractivity contribution in [3.63, 3.8) is 0 Å². The number of halogens is 1. The van der Waals surface area contributed by atoms with Gasteiger partial charge >= 0.3 is 0 Å². The molecule has 1 amide bonds. The van der Waals surface area contributed by atoms with Crippen LogP contribution in [-0.4, -0.2) is 50.3 Å². The number of amides is 1. The number of carbonyl (C=O) groups is 1. The van der Waals surface area contributed by atoms with Gasteiger partial charge in [-0.05, 0) is 85.8 Å². The van der Waals surface area contributed by atoms with Gasteiger partial charge in [0.05, 0.1) is 18.7 Å². The van der Waals surface area contributed by atoms with Crippen molar-refractivity contribution in [3.8, 4) is 34.3 Å². The van der Waals surface area contributed by atoms with Crippen molar-refractivity contribution in [1.82, 2.24) is 24.6 Å². The number of hydrogen-bond acceptors (Lipinski definition) is 6. The molecule has 0 spiro atoms. The Kier molecular flexibility index (Phi) is 9.64. The maximum Gasteiger partial charge on any atom is 0.254 e. The molecule has 0 atom stereocenters. The molecule has 3 aromatic carbocycles. The predicted octanol–water partition coefficient (Wildman–Crippen LogP) is 7.95. The van der Waals surface area contributed by atoms with E-state index in [1.807, 2.05) is 96.2 Å². The number of aromatic nitrogens is 4. The second kappa shape index (κ2) is 14.2. The summed E-state index contributed by atoms with van der Waals surface area (Å²) < 4.78 is 13.5. The number of nitrogens with zero attached hydrogens (tertiary/aromatic N) is 5. The van der Waals surface area contributed by atoms with Crippen LogP contribution >= 0.6 is 11.6 Å². The Labute approximate surface area is 275 Å². The number of benzene rings is 3. The van der Waals surface area contributed by atoms with E-state index in [2.05, 4.69) is 4.98 Å². The third kappa shape index (κ3) is 6.92. The van der Waals surface area contributed by atoms with Gasteiger partial charge < -0.3 is 14.4 Å². The van der Waals surface area contributed by atoms with Gasteiger partial charge in [-0.1, -0.05) is 54.8 Å². The molecule has 2 heterocycles. The van der Waals surface area contributed by atoms with E-state index in [9.17, 15) is 4.79 Å². The number of methoxy groups -OCH3 is 1. The molecule has 0 aliphatic heterocycles. The van der Waals surface area contributed by atoms with E-state index in [0.29, 0.717) is 47.7 Å². The minimum absolute atomic E-state index is 0.0243. The molecular formula is C37H38ClN5O3. The van der Waals surface area contributed by atoms with Crippen molar-refractivity contribution in [2.75, 3.05) is 13.7 Å². The van der Waals surface area contributed by atoms with Crippen LogP contribution in [-0.2, 0) is 13.2 Å². The highest BCUT2D eigenvalue weighted by molar-refractivity contribution is 6.32. The quantitative estimate of drug-likeness (QED) is 0.146. The molecule has 0 unspecified atom stereocenters. The summed E-state index contributed by atoms with van der Waals surface area (Å²) >= 11 is 6.51. The van der Waals surface area contributed by atoms with Crippen molar-refractivity contribution in [2.24, 2.45) is 0 Å². The van der Waals surface area contributed by atoms with E-state index in [4.69, 9.17) is 31.2 Å². The van der Waals surface area contributed by atoms with Crippen LogP contribution in [0.4, 0.5) is 0 Å². The summed E-state index contributed by atoms with van der Waals surface area (Å²) in [5.41, 5.74) is 5.34. The molecule has 6 rings (SSSR count). The van der Waals surface area contributed by atoms with Crippen LogP contribution in [0.3, 0.4) is 0 Å². The Hall–Kier alpha value is -4.69. The molecule has 0 radical (unpaired) electrons. The van der Waals surface area contributed by atoms with Crippen LogP contribution in [0.2, 0.25) is 5.02 Å². The van der Waals surface area contributed by atoms with E-state index in [0.717, 1.165) is 59.3 Å². The van der Waals surface area contributed by atoms with Gasteiger partial charge in [-0.25, -0.2) is 9.67 Å². The number of carbonyl (C=O) groups excluding carboxylic acids is 1. The molecule has 0 N–H and O–H groups in total. The summed E-state index contributed by atoms with van der Waals surface area (Å²) in [7, 11) is 1.59. The number of aryl methyl sites for hydroxylation is 2. The number of rotatable bonds is 11. The molecule has 46 heavy (non-hydrogen) atoms. The third-order valence-electron chi connectivity index (χ3n) is 8.53. The predicted molar refractivity (Wildman–Crippen MR) is 180 cm³/mol. The SMILES string of the molecule is COc1ccc(-c2nc(-c3ccncc3)nn2CCN(C(=O)c2cc(C)c(OCc3ccccc3)c(C)c2)C2CCCC2)cc1Cl. The van der Waals surface area contributed by atoms with E-state index >= 15 is 0 Å². The molecule has 1 saturated carbocycles. The summed E-state index contributed by atoms with van der Waals surface area (Å²) in [4.78, 5) is 25.3. The van der Waals surface area contributed by atoms with Crippen LogP contribution in [0.5, 0.6) is 11.5 Å². The largest absolute Gasteiger partial charge is 0.495 e. The third-order valence-corrected chi connectivity index (χ3v) is 8.83. The fourth-order valence-electron chi connectivity index (χ4n) is 6.21. The monoisotopic (exact) mass is 635 g/mol. The van der Waals surface area contributed by atoms with Gasteiger partial charge in [0.2, 0.25) is 0 Å². The summed E-state index contributed by atoms with van der Waals surface area (Å²) in [6.45, 7) is 5.45. The van der Waals surface area contributed by atoms with Gasteiger partial charge in [-0.15, -0.1) is 0 Å². The minimum Gasteiger partial charge on any atom is -0.495 e. The zero-order valence-electron chi connectivity index (χ0n) is 26.4. The molecule has 9 heteroatoms. The van der Waals surface area contributed by atoms with Crippen molar-refractivity contribution in [2.45, 2.75) is 58.7 Å². The first-order chi connectivity index (χ1) is 22.4. The van der Waals surface area contributed by atoms with Crippen molar-refractivity contribution >= 4 is 17.5 Å². The van der Waals surface area contributed by atoms with E-state index in [1.54, 1.807) is 19.5 Å². The number of ether oxygens (including phenoxy) is 2. The van der Waals surface area contributed by atoms with Crippen LogP contribution in [0.15, 0.2) is 85.2 Å². The fourth-order valence-corrected chi connectivity index (χ4v) is 6.46. The average Bonchev–Trinajstić information content (AvgIpc) is 3.76. The van der Waals surface area contributed by atoms with Gasteiger partial charge in [0.15, 0.2) is 11.6 Å². The topological polar surface area (TPSA) is 82.4 Å². The molecule has 1 aliphatic rings. The lowest BCUT2D eigenvalue weighted by Crippen LogP contribution is -2.41. The number of pyridine rings is 1. The summed E-state index contributed by atoms with van der Waals surface area (Å²) in [6, 6.07) is 23.6. The first-order valence-corrected chi connectivity index (χ1v) is 16.1. The summed E-state index contributed by atoms with van der Waals surface area (Å²) in [5, 5.41) is 5.38. The van der Waals surface area contributed by atoms with E-state index < -0.39 is 0 Å². The first-order valence-electron chi connectivity index (χ1n) is 15.7. The first kappa shape index (κ1) is 31.3. The molecule has 1 aliphatic carbocycles. The van der Waals surface area contributed by atoms with Crippen molar-refractivity contribution in [3.05, 3.63) is 112 Å². The lowest BCUT2D eigenvalue weighted by molar-refractivity contribution is 0.0671. The zero-order valence-corrected chi connectivity index (χ0v) is 27.2. The lowest BCUT2D eigenvalue weighted by atomic mass is 10.0. The van der Waals surface area contributed by atoms with E-state index in [-0.39, 0.29) is 11.9 Å². The maximum atomic E-state index is 14.2. The molecule has 5 aromatic rings. The minimum atomic E-state index is 0.0243. The van der Waals surface area contributed by atoms with E-state index in [1.165, 1.54) is 0 Å². The Morgan fingerprint density at radius 3 is 2.35 bits per heavy atom. The van der Waals surface area contributed by atoms with Crippen molar-refractivity contribution < 1.29 is 14.3 Å². The van der Waals surface area contributed by atoms with Gasteiger partial charge in [0.1, 0.15) is 18.1 Å². The Bertz CT molecular complexity index is 1780. The number of hydrogen-bond donors (Lipinski definition) is 0. The van der Waals surface area contributed by atoms with Gasteiger partial charge in [0, 0.05) is 41.7 Å². The van der Waals surface area contributed by atoms with Gasteiger partial charge in [-0.3, -0.25) is 9.78 Å². The lowest BCUT2D eigenvalue weighted by Gasteiger charge is -2.30. The summed E-state index contributed by atoms with van der Waals surface area (Å²) in [6.07, 6.45) is 7.66. The maximum absolute atomic E-state index is 14.2. The Morgan fingerprint density at radius 1 is 0.957 bits per heavy atom. The van der Waals surface area contributed by atoms with Crippen LogP contribution in [0.25, 0.3) is 22.8 Å². The molecule has 0 saturated heterocycles. The van der Waals surface area contributed by atoms with Crippen LogP contribution < -0.4 is 9.47 Å². The van der Waals surface area contributed by atoms with Crippen LogP contribution in [0.1, 0.15) is 52.7 Å². The smallest absolute Gasteiger partial charge is 0.254 e. The van der Waals surface area contributed by atoms with Gasteiger partial charge in [0.25, 0.3) is 5.91 Å². The fraction of sp³-hybridized carbons (Fsp3) is 0.297. The highest BCUT2D eigenvalue weighted by Gasteiger charge is 2.29. The van der Waals surface area contributed by atoms with Crippen molar-refractivity contribution in [1.29, 1.82) is 0 Å². The highest BCUT2D eigenvalue weighted by atomic mass is 35.5. The summed E-state index contributed by atoms with van der Waals surface area (Å²) in [5.74, 6) is 2.69. The Morgan fingerprint density at radius 2 is 1.67 bits per heavy atom. The molecule has 8 nitrogen and oxygen atoms in total. The molecule has 236 valence electrons. The zero-order chi connectivity index (χ0) is 32.0. The second-order valence-corrected chi connectivity index (χ2v) is 12.1. The second-order valence-electron chi connectivity index (χ2n) is 11.7. The standard InChI is InChI=1S/C37H38ClN5O3/c1-25-21-30(22-26(2)34(25)46-24-27-9-5-4-6-10-27)37(44)42(31-11-7-8-12-31)19-20-43-36(29-13-14-33(45-3)32(38)23-29)40-35(41-43)28-15-17-39-18-16-28/h4-6,9-10,13-18,21-23,31H,7-8,11-12,19-20,24H2,1-3H3. The Balaban J connectivity index is 1.27. The van der Waals surface area contributed by atoms with Gasteiger partial charge in [-0.2, -0.15) is 5.10 Å². The molecule has 1 fully saturated rings. The van der Waals surface area contributed by atoms with Crippen LogP contribution in [0, 0.1) is 13.8 Å². The normalized spacial score (nSPS) is 13.1. The molecule has 2 aromatic heterocycles. The molecule has 0 bridgehead atoms. The highest BCUT2D eigenvalue weighted by Crippen LogP contribution is 2.32. The average molecular weight is 636 g/mol. The molecular weight excluding hydrogens is 598 g/mol.